The van der Waals surface area contributed by atoms with Crippen molar-refractivity contribution in [3.05, 3.63) is 30.0 Å². The number of aromatic nitrogens is 2. The Morgan fingerprint density at radius 3 is 2.65 bits per heavy atom. The first kappa shape index (κ1) is 12.8. The van der Waals surface area contributed by atoms with Crippen molar-refractivity contribution in [2.45, 2.75) is 38.1 Å². The van der Waals surface area contributed by atoms with E-state index in [1.807, 2.05) is 24.3 Å². The van der Waals surface area contributed by atoms with Gasteiger partial charge >= 0.3 is 5.97 Å². The number of anilines is 1. The summed E-state index contributed by atoms with van der Waals surface area (Å²) in [5.74, 6) is -1.05. The molecule has 1 aromatic carbocycles. The molecular weight excluding hydrogens is 254 g/mol. The zero-order valence-electron chi connectivity index (χ0n) is 11.4. The molecule has 2 aromatic rings. The highest BCUT2D eigenvalue weighted by atomic mass is 16.4. The van der Waals surface area contributed by atoms with Gasteiger partial charge in [-0.2, -0.15) is 0 Å². The van der Waals surface area contributed by atoms with Crippen LogP contribution >= 0.6 is 0 Å². The maximum Gasteiger partial charge on any atom is 0.358 e. The van der Waals surface area contributed by atoms with Gasteiger partial charge in [-0.15, -0.1) is 10.2 Å². The zero-order valence-corrected chi connectivity index (χ0v) is 11.4. The second-order valence-electron chi connectivity index (χ2n) is 5.64. The molecule has 0 amide bonds. The molecule has 2 N–H and O–H groups in total. The summed E-state index contributed by atoms with van der Waals surface area (Å²) < 4.78 is 0. The van der Waals surface area contributed by atoms with Gasteiger partial charge in [0.25, 0.3) is 0 Å². The maximum atomic E-state index is 11.4. The Morgan fingerprint density at radius 2 is 1.95 bits per heavy atom. The van der Waals surface area contributed by atoms with Gasteiger partial charge in [0.05, 0.1) is 11.2 Å². The van der Waals surface area contributed by atoms with Crippen LogP contribution in [0.3, 0.4) is 0 Å². The number of fused-ring (bicyclic) bond motifs is 1. The lowest BCUT2D eigenvalue weighted by molar-refractivity contribution is 0.0690. The SMILES string of the molecule is CC1(Nc2c(C(=O)O)nnc3ccccc23)CCCC1. The Labute approximate surface area is 117 Å². The van der Waals surface area contributed by atoms with Crippen molar-refractivity contribution < 1.29 is 9.90 Å². The van der Waals surface area contributed by atoms with Crippen molar-refractivity contribution in [1.82, 2.24) is 10.2 Å². The lowest BCUT2D eigenvalue weighted by atomic mass is 9.99. The van der Waals surface area contributed by atoms with E-state index in [9.17, 15) is 9.90 Å². The molecule has 5 nitrogen and oxygen atoms in total. The molecule has 1 fully saturated rings. The van der Waals surface area contributed by atoms with E-state index in [0.29, 0.717) is 11.2 Å². The van der Waals surface area contributed by atoms with Crippen LogP contribution in [0.5, 0.6) is 0 Å². The molecule has 0 radical (unpaired) electrons. The second kappa shape index (κ2) is 4.74. The molecule has 0 aliphatic heterocycles. The summed E-state index contributed by atoms with van der Waals surface area (Å²) >= 11 is 0. The first-order valence-electron chi connectivity index (χ1n) is 6.86. The van der Waals surface area contributed by atoms with Crippen molar-refractivity contribution in [3.63, 3.8) is 0 Å². The Morgan fingerprint density at radius 1 is 1.25 bits per heavy atom. The maximum absolute atomic E-state index is 11.4. The van der Waals surface area contributed by atoms with Crippen LogP contribution in [0.25, 0.3) is 10.9 Å². The van der Waals surface area contributed by atoms with Crippen LogP contribution in [0.4, 0.5) is 5.69 Å². The zero-order chi connectivity index (χ0) is 14.2. The van der Waals surface area contributed by atoms with Crippen LogP contribution in [-0.4, -0.2) is 26.8 Å². The van der Waals surface area contributed by atoms with Crippen molar-refractivity contribution >= 4 is 22.6 Å². The van der Waals surface area contributed by atoms with Crippen molar-refractivity contribution in [1.29, 1.82) is 0 Å². The third kappa shape index (κ3) is 2.19. The van der Waals surface area contributed by atoms with Gasteiger partial charge in [-0.05, 0) is 25.8 Å². The summed E-state index contributed by atoms with van der Waals surface area (Å²) in [6, 6.07) is 7.49. The largest absolute Gasteiger partial charge is 0.476 e. The topological polar surface area (TPSA) is 75.1 Å². The first-order chi connectivity index (χ1) is 9.59. The molecule has 104 valence electrons. The van der Waals surface area contributed by atoms with Gasteiger partial charge in [0.2, 0.25) is 0 Å². The minimum Gasteiger partial charge on any atom is -0.476 e. The van der Waals surface area contributed by atoms with E-state index in [2.05, 4.69) is 22.4 Å². The summed E-state index contributed by atoms with van der Waals surface area (Å²) in [6.07, 6.45) is 4.43. The third-order valence-corrected chi connectivity index (χ3v) is 4.00. The van der Waals surface area contributed by atoms with Gasteiger partial charge in [0.1, 0.15) is 0 Å². The van der Waals surface area contributed by atoms with E-state index in [1.165, 1.54) is 12.8 Å². The average Bonchev–Trinajstić information content (AvgIpc) is 2.85. The predicted octanol–water partition coefficient (Wildman–Crippen LogP) is 3.07. The molecule has 0 spiro atoms. The summed E-state index contributed by atoms with van der Waals surface area (Å²) in [4.78, 5) is 11.4. The predicted molar refractivity (Wildman–Crippen MR) is 77.0 cm³/mol. The summed E-state index contributed by atoms with van der Waals surface area (Å²) in [5, 5.41) is 21.4. The van der Waals surface area contributed by atoms with Crippen LogP contribution in [0.2, 0.25) is 0 Å². The normalized spacial score (nSPS) is 17.2. The van der Waals surface area contributed by atoms with E-state index < -0.39 is 5.97 Å². The van der Waals surface area contributed by atoms with Gasteiger partial charge < -0.3 is 10.4 Å². The Bertz CT molecular complexity index is 663. The number of hydrogen-bond acceptors (Lipinski definition) is 4. The molecule has 0 atom stereocenters. The second-order valence-corrected chi connectivity index (χ2v) is 5.64. The van der Waals surface area contributed by atoms with E-state index in [4.69, 9.17) is 0 Å². The van der Waals surface area contributed by atoms with Crippen LogP contribution in [0.15, 0.2) is 24.3 Å². The fourth-order valence-electron chi connectivity index (χ4n) is 2.91. The Balaban J connectivity index is 2.14. The van der Waals surface area contributed by atoms with Crippen molar-refractivity contribution in [3.8, 4) is 0 Å². The van der Waals surface area contributed by atoms with Gasteiger partial charge in [0.15, 0.2) is 5.69 Å². The van der Waals surface area contributed by atoms with E-state index in [-0.39, 0.29) is 11.2 Å². The smallest absolute Gasteiger partial charge is 0.358 e. The molecule has 1 aliphatic rings. The lowest BCUT2D eigenvalue weighted by Crippen LogP contribution is -2.32. The third-order valence-electron chi connectivity index (χ3n) is 4.00. The molecule has 0 unspecified atom stereocenters. The number of benzene rings is 1. The number of rotatable bonds is 3. The van der Waals surface area contributed by atoms with Gasteiger partial charge in [-0.25, -0.2) is 4.79 Å². The van der Waals surface area contributed by atoms with Gasteiger partial charge in [0, 0.05) is 10.9 Å². The molecule has 1 heterocycles. The minimum absolute atomic E-state index is 0.00294. The monoisotopic (exact) mass is 271 g/mol. The summed E-state index contributed by atoms with van der Waals surface area (Å²) in [7, 11) is 0. The van der Waals surface area contributed by atoms with E-state index in [1.54, 1.807) is 0 Å². The molecule has 5 heteroatoms. The molecule has 0 bridgehead atoms. The van der Waals surface area contributed by atoms with E-state index in [0.717, 1.165) is 18.2 Å². The quantitative estimate of drug-likeness (QED) is 0.897. The molecule has 1 aliphatic carbocycles. The summed E-state index contributed by atoms with van der Waals surface area (Å²) in [5.41, 5.74) is 1.24. The highest BCUT2D eigenvalue weighted by molar-refractivity contribution is 6.02. The fourth-order valence-corrected chi connectivity index (χ4v) is 2.91. The average molecular weight is 271 g/mol. The van der Waals surface area contributed by atoms with Crippen LogP contribution in [0.1, 0.15) is 43.1 Å². The molecular formula is C15H17N3O2. The summed E-state index contributed by atoms with van der Waals surface area (Å²) in [6.45, 7) is 2.14. The highest BCUT2D eigenvalue weighted by Gasteiger charge is 2.31. The standard InChI is InChI=1S/C15H17N3O2/c1-15(8-4-5-9-15)16-12-10-6-2-3-7-11(10)17-18-13(12)14(19)20/h2-3,6-7H,4-5,8-9H2,1H3,(H,16,17)(H,19,20). The van der Waals surface area contributed by atoms with Gasteiger partial charge in [-0.1, -0.05) is 31.0 Å². The number of nitrogens with zero attached hydrogens (tertiary/aromatic N) is 2. The van der Waals surface area contributed by atoms with Crippen molar-refractivity contribution in [2.75, 3.05) is 5.32 Å². The lowest BCUT2D eigenvalue weighted by Gasteiger charge is -2.27. The van der Waals surface area contributed by atoms with Crippen LogP contribution < -0.4 is 5.32 Å². The Hall–Kier alpha value is -2.17. The van der Waals surface area contributed by atoms with Crippen LogP contribution in [-0.2, 0) is 0 Å². The minimum atomic E-state index is -1.05. The highest BCUT2D eigenvalue weighted by Crippen LogP contribution is 2.35. The molecule has 1 aromatic heterocycles. The molecule has 0 saturated heterocycles. The number of carboxylic acid groups (broad SMARTS) is 1. The van der Waals surface area contributed by atoms with Gasteiger partial charge in [-0.3, -0.25) is 0 Å². The molecule has 20 heavy (non-hydrogen) atoms. The number of nitrogens with one attached hydrogen (secondary N) is 1. The van der Waals surface area contributed by atoms with Crippen LogP contribution in [0, 0.1) is 0 Å². The number of hydrogen-bond donors (Lipinski definition) is 2. The Kier molecular flexibility index (Phi) is 3.04. The van der Waals surface area contributed by atoms with Crippen molar-refractivity contribution in [2.24, 2.45) is 0 Å². The number of aromatic carboxylic acids is 1. The first-order valence-corrected chi connectivity index (χ1v) is 6.86. The van der Waals surface area contributed by atoms with E-state index >= 15 is 0 Å². The molecule has 3 rings (SSSR count). The fraction of sp³-hybridized carbons (Fsp3) is 0.400. The number of carbonyl (C=O) groups is 1. The number of carboxylic acids is 1. The molecule has 1 saturated carbocycles.